The van der Waals surface area contributed by atoms with Crippen molar-refractivity contribution in [3.63, 3.8) is 0 Å². The standard InChI is InChI=1S/C15H21NS/c1(3-15-4-2-10-17-15)8-16-9-7-13-5-6-14(11-13)12-16/h1-4,10,13-14H,5-9,11-12H2/b3-1-/t13-,14-/m0/s1. The summed E-state index contributed by atoms with van der Waals surface area (Å²) in [4.78, 5) is 4.02. The van der Waals surface area contributed by atoms with Crippen LogP contribution in [-0.4, -0.2) is 24.5 Å². The fourth-order valence-electron chi connectivity index (χ4n) is 3.30. The Morgan fingerprint density at radius 3 is 3.12 bits per heavy atom. The maximum Gasteiger partial charge on any atom is 0.0267 e. The molecule has 1 aliphatic carbocycles. The van der Waals surface area contributed by atoms with Crippen LogP contribution in [-0.2, 0) is 0 Å². The molecule has 2 aliphatic rings. The highest BCUT2D eigenvalue weighted by Crippen LogP contribution is 2.36. The first-order chi connectivity index (χ1) is 8.40. The van der Waals surface area contributed by atoms with E-state index < -0.39 is 0 Å². The van der Waals surface area contributed by atoms with Crippen LogP contribution in [0.3, 0.4) is 0 Å². The Morgan fingerprint density at radius 2 is 2.24 bits per heavy atom. The maximum atomic E-state index is 2.65. The number of hydrogen-bond acceptors (Lipinski definition) is 2. The number of likely N-dealkylation sites (tertiary alicyclic amines) is 1. The lowest BCUT2D eigenvalue weighted by Crippen LogP contribution is -2.29. The second kappa shape index (κ2) is 5.36. The zero-order valence-electron chi connectivity index (χ0n) is 10.3. The van der Waals surface area contributed by atoms with Gasteiger partial charge in [-0.1, -0.05) is 18.6 Å². The van der Waals surface area contributed by atoms with E-state index in [-0.39, 0.29) is 0 Å². The van der Waals surface area contributed by atoms with Gasteiger partial charge in [0.05, 0.1) is 0 Å². The largest absolute Gasteiger partial charge is 0.299 e. The van der Waals surface area contributed by atoms with Crippen molar-refractivity contribution in [3.05, 3.63) is 28.5 Å². The minimum absolute atomic E-state index is 0.998. The van der Waals surface area contributed by atoms with Crippen molar-refractivity contribution in [3.8, 4) is 0 Å². The molecule has 2 bridgehead atoms. The van der Waals surface area contributed by atoms with Gasteiger partial charge in [0.15, 0.2) is 0 Å². The van der Waals surface area contributed by atoms with Gasteiger partial charge in [-0.05, 0) is 55.2 Å². The van der Waals surface area contributed by atoms with E-state index >= 15 is 0 Å². The third-order valence-corrected chi connectivity index (χ3v) is 5.05. The normalized spacial score (nSPS) is 29.9. The van der Waals surface area contributed by atoms with Crippen LogP contribution in [0.25, 0.3) is 6.08 Å². The Morgan fingerprint density at radius 1 is 1.29 bits per heavy atom. The van der Waals surface area contributed by atoms with Crippen molar-refractivity contribution in [1.29, 1.82) is 0 Å². The minimum Gasteiger partial charge on any atom is -0.299 e. The Hall–Kier alpha value is -0.600. The van der Waals surface area contributed by atoms with Crippen LogP contribution in [0.1, 0.15) is 30.6 Å². The lowest BCUT2D eigenvalue weighted by atomic mass is 10.0. The molecule has 1 aromatic heterocycles. The van der Waals surface area contributed by atoms with Gasteiger partial charge < -0.3 is 0 Å². The van der Waals surface area contributed by atoms with Gasteiger partial charge in [-0.25, -0.2) is 0 Å². The number of hydrogen-bond donors (Lipinski definition) is 0. The predicted octanol–water partition coefficient (Wildman–Crippen LogP) is 3.88. The van der Waals surface area contributed by atoms with Gasteiger partial charge in [0.2, 0.25) is 0 Å². The molecule has 1 saturated heterocycles. The van der Waals surface area contributed by atoms with E-state index in [4.69, 9.17) is 0 Å². The zero-order chi connectivity index (χ0) is 11.5. The van der Waals surface area contributed by atoms with Crippen molar-refractivity contribution >= 4 is 17.4 Å². The Labute approximate surface area is 108 Å². The summed E-state index contributed by atoms with van der Waals surface area (Å²) in [6.07, 6.45) is 10.5. The average molecular weight is 247 g/mol. The van der Waals surface area contributed by atoms with E-state index in [1.165, 1.54) is 43.6 Å². The SMILES string of the molecule is C(=C/c1cccs1)/CN1CC[C@@H]2CC[C@@H](C2)C1. The molecule has 1 saturated carbocycles. The molecular formula is C15H21NS. The summed E-state index contributed by atoms with van der Waals surface area (Å²) in [6, 6.07) is 4.31. The van der Waals surface area contributed by atoms with E-state index in [1.54, 1.807) is 0 Å². The highest BCUT2D eigenvalue weighted by atomic mass is 32.1. The fourth-order valence-corrected chi connectivity index (χ4v) is 3.94. The van der Waals surface area contributed by atoms with Crippen LogP contribution in [0.4, 0.5) is 0 Å². The molecule has 0 N–H and O–H groups in total. The second-order valence-electron chi connectivity index (χ2n) is 5.51. The first kappa shape index (κ1) is 11.5. The van der Waals surface area contributed by atoms with E-state index in [1.807, 2.05) is 11.3 Å². The first-order valence-corrected chi connectivity index (χ1v) is 7.70. The van der Waals surface area contributed by atoms with Gasteiger partial charge >= 0.3 is 0 Å². The van der Waals surface area contributed by atoms with Crippen LogP contribution < -0.4 is 0 Å². The smallest absolute Gasteiger partial charge is 0.0267 e. The highest BCUT2D eigenvalue weighted by molar-refractivity contribution is 7.10. The molecule has 17 heavy (non-hydrogen) atoms. The molecule has 1 aliphatic heterocycles. The molecule has 2 heterocycles. The van der Waals surface area contributed by atoms with E-state index in [0.717, 1.165) is 18.4 Å². The molecule has 1 nitrogen and oxygen atoms in total. The molecule has 0 aromatic carbocycles. The third-order valence-electron chi connectivity index (χ3n) is 4.21. The summed E-state index contributed by atoms with van der Waals surface area (Å²) in [5.41, 5.74) is 0. The van der Waals surface area contributed by atoms with Crippen LogP contribution in [0, 0.1) is 11.8 Å². The Bertz CT molecular complexity index is 368. The molecule has 2 fully saturated rings. The zero-order valence-corrected chi connectivity index (χ0v) is 11.2. The quantitative estimate of drug-likeness (QED) is 0.783. The molecule has 0 radical (unpaired) electrons. The van der Waals surface area contributed by atoms with E-state index in [2.05, 4.69) is 34.6 Å². The summed E-state index contributed by atoms with van der Waals surface area (Å²) >= 11 is 1.82. The molecule has 92 valence electrons. The Balaban J connectivity index is 1.52. The number of nitrogens with zero attached hydrogens (tertiary/aromatic N) is 1. The number of thiophene rings is 1. The first-order valence-electron chi connectivity index (χ1n) is 6.82. The van der Waals surface area contributed by atoms with Gasteiger partial charge in [-0.3, -0.25) is 4.90 Å². The van der Waals surface area contributed by atoms with Crippen molar-refractivity contribution in [1.82, 2.24) is 4.90 Å². The van der Waals surface area contributed by atoms with Crippen molar-refractivity contribution in [2.45, 2.75) is 25.7 Å². The summed E-state index contributed by atoms with van der Waals surface area (Å²) in [7, 11) is 0. The topological polar surface area (TPSA) is 3.24 Å². The summed E-state index contributed by atoms with van der Waals surface area (Å²) in [5.74, 6) is 2.05. The molecule has 0 amide bonds. The van der Waals surface area contributed by atoms with Crippen molar-refractivity contribution in [2.75, 3.05) is 19.6 Å². The van der Waals surface area contributed by atoms with Gasteiger partial charge in [0.25, 0.3) is 0 Å². The predicted molar refractivity (Wildman–Crippen MR) is 75.2 cm³/mol. The van der Waals surface area contributed by atoms with Crippen LogP contribution >= 0.6 is 11.3 Å². The molecule has 0 spiro atoms. The summed E-state index contributed by atoms with van der Waals surface area (Å²) in [6.45, 7) is 3.79. The van der Waals surface area contributed by atoms with E-state index in [0.29, 0.717) is 0 Å². The minimum atomic E-state index is 0.998. The van der Waals surface area contributed by atoms with Crippen LogP contribution in [0.15, 0.2) is 23.6 Å². The molecule has 2 heteroatoms. The van der Waals surface area contributed by atoms with Crippen molar-refractivity contribution < 1.29 is 0 Å². The molecule has 0 unspecified atom stereocenters. The monoisotopic (exact) mass is 247 g/mol. The van der Waals surface area contributed by atoms with E-state index in [9.17, 15) is 0 Å². The lowest BCUT2D eigenvalue weighted by Gasteiger charge is -2.22. The molecular weight excluding hydrogens is 226 g/mol. The number of rotatable bonds is 3. The number of fused-ring (bicyclic) bond motifs is 2. The maximum absolute atomic E-state index is 2.65. The highest BCUT2D eigenvalue weighted by Gasteiger charge is 2.29. The van der Waals surface area contributed by atoms with Crippen molar-refractivity contribution in [2.24, 2.45) is 11.8 Å². The lowest BCUT2D eigenvalue weighted by molar-refractivity contribution is 0.260. The van der Waals surface area contributed by atoms with Gasteiger partial charge in [0, 0.05) is 18.0 Å². The van der Waals surface area contributed by atoms with Crippen LogP contribution in [0.5, 0.6) is 0 Å². The summed E-state index contributed by atoms with van der Waals surface area (Å²) < 4.78 is 0. The fraction of sp³-hybridized carbons (Fsp3) is 0.600. The van der Waals surface area contributed by atoms with Gasteiger partial charge in [0.1, 0.15) is 0 Å². The van der Waals surface area contributed by atoms with Crippen LogP contribution in [0.2, 0.25) is 0 Å². The second-order valence-corrected chi connectivity index (χ2v) is 6.49. The average Bonchev–Trinajstić information content (AvgIpc) is 2.91. The molecule has 3 rings (SSSR count). The third kappa shape index (κ3) is 2.99. The molecule has 2 atom stereocenters. The van der Waals surface area contributed by atoms with Gasteiger partial charge in [-0.2, -0.15) is 0 Å². The summed E-state index contributed by atoms with van der Waals surface area (Å²) in [5, 5.41) is 2.14. The van der Waals surface area contributed by atoms with Gasteiger partial charge in [-0.15, -0.1) is 11.3 Å². The Kier molecular flexibility index (Phi) is 3.62. The molecule has 1 aromatic rings.